The second-order valence-electron chi connectivity index (χ2n) is 9.68. The number of hydrogen-bond acceptors (Lipinski definition) is 5. The van der Waals surface area contributed by atoms with Crippen molar-refractivity contribution in [2.45, 2.75) is 12.8 Å². The second-order valence-corrected chi connectivity index (χ2v) is 11.6. The van der Waals surface area contributed by atoms with E-state index in [-0.39, 0.29) is 0 Å². The molecule has 3 aromatic carbocycles. The van der Waals surface area contributed by atoms with Crippen LogP contribution in [0.25, 0.3) is 38.9 Å². The first-order valence-corrected chi connectivity index (χ1v) is 13.8. The van der Waals surface area contributed by atoms with Crippen LogP contribution < -0.4 is 4.31 Å². The Balaban J connectivity index is 1.38. The first-order chi connectivity index (χ1) is 17.3. The zero-order valence-electron chi connectivity index (χ0n) is 20.6. The minimum Gasteiger partial charge on any atom is -0.342 e. The van der Waals surface area contributed by atoms with Crippen LogP contribution in [0.1, 0.15) is 11.4 Å². The van der Waals surface area contributed by atoms with Gasteiger partial charge < -0.3 is 9.88 Å². The fourth-order valence-electron chi connectivity index (χ4n) is 4.92. The van der Waals surface area contributed by atoms with Crippen molar-refractivity contribution in [3.05, 3.63) is 72.3 Å². The summed E-state index contributed by atoms with van der Waals surface area (Å²) in [5.74, 6) is 0.990. The monoisotopic (exact) mass is 500 g/mol. The van der Waals surface area contributed by atoms with E-state index in [0.29, 0.717) is 6.54 Å². The Bertz CT molecular complexity index is 1720. The summed E-state index contributed by atoms with van der Waals surface area (Å²) in [5.41, 5.74) is 8.70. The van der Waals surface area contributed by atoms with Crippen LogP contribution in [0.4, 0.5) is 5.69 Å². The summed E-state index contributed by atoms with van der Waals surface area (Å²) < 4.78 is 28.0. The average molecular weight is 501 g/mol. The van der Waals surface area contributed by atoms with E-state index in [1.165, 1.54) is 10.6 Å². The number of sulfonamides is 1. The molecule has 0 spiro atoms. The second kappa shape index (κ2) is 8.46. The summed E-state index contributed by atoms with van der Waals surface area (Å²) >= 11 is 0. The van der Waals surface area contributed by atoms with E-state index in [9.17, 15) is 8.42 Å². The maximum absolute atomic E-state index is 12.3. The molecule has 5 aromatic rings. The van der Waals surface area contributed by atoms with Crippen molar-refractivity contribution in [2.24, 2.45) is 0 Å². The highest BCUT2D eigenvalue weighted by atomic mass is 32.2. The van der Waals surface area contributed by atoms with Gasteiger partial charge in [-0.25, -0.2) is 18.4 Å². The molecule has 0 unspecified atom stereocenters. The number of anilines is 1. The number of likely N-dealkylation sites (N-methyl/N-ethyl adjacent to an activating group) is 1. The predicted molar refractivity (Wildman–Crippen MR) is 144 cm³/mol. The molecule has 0 bridgehead atoms. The first-order valence-electron chi connectivity index (χ1n) is 12.0. The number of rotatable bonds is 6. The highest BCUT2D eigenvalue weighted by Crippen LogP contribution is 2.34. The third-order valence-electron chi connectivity index (χ3n) is 6.81. The first kappa shape index (κ1) is 22.8. The minimum atomic E-state index is -3.31. The van der Waals surface area contributed by atoms with Crippen molar-refractivity contribution in [1.29, 1.82) is 0 Å². The summed E-state index contributed by atoms with van der Waals surface area (Å²) in [7, 11) is 0.810. The Morgan fingerprint density at radius 2 is 1.78 bits per heavy atom. The van der Waals surface area contributed by atoms with Gasteiger partial charge in [0.15, 0.2) is 0 Å². The van der Waals surface area contributed by atoms with E-state index in [1.807, 2.05) is 28.8 Å². The van der Waals surface area contributed by atoms with Crippen LogP contribution in [0.15, 0.2) is 60.9 Å². The number of nitrogens with zero attached hydrogens (tertiary/aromatic N) is 5. The molecule has 0 radical (unpaired) electrons. The normalized spacial score (nSPS) is 13.8. The summed E-state index contributed by atoms with van der Waals surface area (Å²) in [4.78, 5) is 14.9. The highest BCUT2D eigenvalue weighted by molar-refractivity contribution is 7.92. The zero-order valence-corrected chi connectivity index (χ0v) is 21.4. The number of aromatic amines is 1. The van der Waals surface area contributed by atoms with Crippen molar-refractivity contribution < 1.29 is 8.42 Å². The Hall–Kier alpha value is -3.69. The molecule has 1 aliphatic heterocycles. The van der Waals surface area contributed by atoms with Gasteiger partial charge >= 0.3 is 0 Å². The molecule has 36 heavy (non-hydrogen) atoms. The largest absolute Gasteiger partial charge is 0.342 e. The lowest BCUT2D eigenvalue weighted by molar-refractivity contribution is 0.410. The van der Waals surface area contributed by atoms with Gasteiger partial charge in [0.1, 0.15) is 12.2 Å². The lowest BCUT2D eigenvalue weighted by atomic mass is 10.0. The van der Waals surface area contributed by atoms with Crippen LogP contribution in [-0.2, 0) is 22.9 Å². The fourth-order valence-corrected chi connectivity index (χ4v) is 5.87. The van der Waals surface area contributed by atoms with Gasteiger partial charge in [-0.15, -0.1) is 0 Å². The predicted octanol–water partition coefficient (Wildman–Crippen LogP) is 4.00. The zero-order chi connectivity index (χ0) is 25.0. The Labute approximate surface area is 210 Å². The van der Waals surface area contributed by atoms with Gasteiger partial charge in [0.05, 0.1) is 34.0 Å². The van der Waals surface area contributed by atoms with Crippen molar-refractivity contribution in [1.82, 2.24) is 24.4 Å². The number of hydrogen-bond donors (Lipinski definition) is 1. The van der Waals surface area contributed by atoms with Gasteiger partial charge in [-0.2, -0.15) is 0 Å². The van der Waals surface area contributed by atoms with E-state index in [1.54, 1.807) is 6.33 Å². The minimum absolute atomic E-state index is 0.485. The van der Waals surface area contributed by atoms with Crippen molar-refractivity contribution in [2.75, 3.05) is 37.7 Å². The molecular weight excluding hydrogens is 472 g/mol. The van der Waals surface area contributed by atoms with Gasteiger partial charge in [-0.05, 0) is 73.6 Å². The SMILES string of the molecule is CN(C)CCc1nc2ccc(-c3ccc4ncn(-c5ccc6c(c5)N(S(C)(=O)=O)CC6)c4c3)cc2[nH]1. The van der Waals surface area contributed by atoms with Crippen LogP contribution in [0, 0.1) is 0 Å². The Kier molecular flexibility index (Phi) is 5.35. The van der Waals surface area contributed by atoms with Gasteiger partial charge in [0, 0.05) is 25.2 Å². The molecule has 0 atom stereocenters. The molecule has 8 nitrogen and oxygen atoms in total. The molecule has 2 aromatic heterocycles. The van der Waals surface area contributed by atoms with Gasteiger partial charge in [-0.1, -0.05) is 18.2 Å². The van der Waals surface area contributed by atoms with E-state index in [2.05, 4.69) is 59.3 Å². The molecule has 184 valence electrons. The highest BCUT2D eigenvalue weighted by Gasteiger charge is 2.26. The number of benzene rings is 3. The van der Waals surface area contributed by atoms with E-state index in [0.717, 1.165) is 75.3 Å². The van der Waals surface area contributed by atoms with Gasteiger partial charge in [0.2, 0.25) is 10.0 Å². The van der Waals surface area contributed by atoms with Crippen LogP contribution in [-0.4, -0.2) is 66.3 Å². The molecule has 6 rings (SSSR count). The molecule has 0 amide bonds. The molecule has 0 saturated carbocycles. The number of nitrogens with one attached hydrogen (secondary N) is 1. The van der Waals surface area contributed by atoms with Crippen molar-refractivity contribution >= 4 is 37.8 Å². The number of imidazole rings is 2. The molecule has 9 heteroatoms. The number of fused-ring (bicyclic) bond motifs is 3. The molecule has 3 heterocycles. The third-order valence-corrected chi connectivity index (χ3v) is 7.99. The van der Waals surface area contributed by atoms with E-state index in [4.69, 9.17) is 4.98 Å². The van der Waals surface area contributed by atoms with Crippen LogP contribution in [0.3, 0.4) is 0 Å². The lowest BCUT2D eigenvalue weighted by Gasteiger charge is -2.17. The quantitative estimate of drug-likeness (QED) is 0.381. The molecule has 0 fully saturated rings. The summed E-state index contributed by atoms with van der Waals surface area (Å²) in [5, 5.41) is 0. The summed E-state index contributed by atoms with van der Waals surface area (Å²) in [6.07, 6.45) is 4.66. The number of H-pyrrole nitrogens is 1. The van der Waals surface area contributed by atoms with Gasteiger partial charge in [0.25, 0.3) is 0 Å². The van der Waals surface area contributed by atoms with Crippen LogP contribution >= 0.6 is 0 Å². The standard InChI is InChI=1S/C27H28N6O2S/c1-31(2)12-11-27-29-22-8-5-19(14-24(22)30-27)20-6-9-23-26(15-20)32(17-28-23)21-7-4-18-10-13-33(25(18)16-21)36(3,34)35/h4-9,14-17H,10-13H2,1-3H3,(H,29,30). The third kappa shape index (κ3) is 4.04. The lowest BCUT2D eigenvalue weighted by Crippen LogP contribution is -2.27. The Morgan fingerprint density at radius 1 is 1.00 bits per heavy atom. The maximum atomic E-state index is 12.3. The summed E-state index contributed by atoms with van der Waals surface area (Å²) in [6, 6.07) is 18.5. The van der Waals surface area contributed by atoms with Crippen LogP contribution in [0.5, 0.6) is 0 Å². The maximum Gasteiger partial charge on any atom is 0.232 e. The van der Waals surface area contributed by atoms with Gasteiger partial charge in [-0.3, -0.25) is 8.87 Å². The Morgan fingerprint density at radius 3 is 2.56 bits per heavy atom. The molecule has 0 aliphatic carbocycles. The topological polar surface area (TPSA) is 87.1 Å². The smallest absolute Gasteiger partial charge is 0.232 e. The number of aromatic nitrogens is 4. The average Bonchev–Trinajstić information content (AvgIpc) is 3.56. The summed E-state index contributed by atoms with van der Waals surface area (Å²) in [6.45, 7) is 1.43. The fraction of sp³-hybridized carbons (Fsp3) is 0.259. The van der Waals surface area contributed by atoms with E-state index < -0.39 is 10.0 Å². The van der Waals surface area contributed by atoms with Crippen molar-refractivity contribution in [3.8, 4) is 16.8 Å². The molecule has 1 aliphatic rings. The molecule has 1 N–H and O–H groups in total. The molecular formula is C27H28N6O2S. The van der Waals surface area contributed by atoms with Crippen molar-refractivity contribution in [3.63, 3.8) is 0 Å². The van der Waals surface area contributed by atoms with Crippen LogP contribution in [0.2, 0.25) is 0 Å². The van der Waals surface area contributed by atoms with E-state index >= 15 is 0 Å². The molecule has 0 saturated heterocycles.